The summed E-state index contributed by atoms with van der Waals surface area (Å²) < 4.78 is 70.1. The van der Waals surface area contributed by atoms with Crippen molar-refractivity contribution in [3.05, 3.63) is 58.4 Å². The molecule has 0 unspecified atom stereocenters. The molecule has 2 aromatic carbocycles. The van der Waals surface area contributed by atoms with Gasteiger partial charge in [-0.15, -0.1) is 13.2 Å². The van der Waals surface area contributed by atoms with Gasteiger partial charge in [0.05, 0.1) is 28.1 Å². The number of nitrogens with zero attached hydrogens (tertiary/aromatic N) is 2. The summed E-state index contributed by atoms with van der Waals surface area (Å²) in [5.41, 5.74) is -1.41. The molecule has 158 valence electrons. The molecule has 0 aliphatic heterocycles. The minimum atomic E-state index is -4.88. The summed E-state index contributed by atoms with van der Waals surface area (Å²) in [4.78, 5) is 24.6. The van der Waals surface area contributed by atoms with Crippen LogP contribution in [0.4, 0.5) is 13.2 Å². The Bertz CT molecular complexity index is 1240. The fraction of sp³-hybridized carbons (Fsp3) is 0.167. The van der Waals surface area contributed by atoms with Gasteiger partial charge in [0.15, 0.2) is 10.7 Å². The molecule has 8 nitrogen and oxygen atoms in total. The van der Waals surface area contributed by atoms with E-state index in [0.717, 1.165) is 16.8 Å². The van der Waals surface area contributed by atoms with E-state index < -0.39 is 39.9 Å². The Morgan fingerprint density at radius 1 is 1.13 bits per heavy atom. The van der Waals surface area contributed by atoms with Crippen LogP contribution >= 0.6 is 0 Å². The number of alkyl halides is 3. The number of rotatable bonds is 5. The van der Waals surface area contributed by atoms with Crippen LogP contribution in [0, 0.1) is 0 Å². The average molecular weight is 442 g/mol. The molecule has 12 heteroatoms. The monoisotopic (exact) mass is 442 g/mol. The molecule has 1 heterocycles. The molecule has 30 heavy (non-hydrogen) atoms. The van der Waals surface area contributed by atoms with Crippen LogP contribution in [0.25, 0.3) is 16.6 Å². The van der Waals surface area contributed by atoms with E-state index >= 15 is 0 Å². The summed E-state index contributed by atoms with van der Waals surface area (Å²) in [6.45, 7) is 1.45. The van der Waals surface area contributed by atoms with Gasteiger partial charge in [-0.3, -0.25) is 4.79 Å². The number of esters is 1. The Kier molecular flexibility index (Phi) is 5.78. The first-order chi connectivity index (χ1) is 14.1. The van der Waals surface area contributed by atoms with Crippen LogP contribution < -0.4 is 10.2 Å². The lowest BCUT2D eigenvalue weighted by atomic mass is 10.2. The van der Waals surface area contributed by atoms with Gasteiger partial charge in [-0.1, -0.05) is 6.07 Å². The summed E-state index contributed by atoms with van der Waals surface area (Å²) in [7, 11) is -3.19. The van der Waals surface area contributed by atoms with Crippen molar-refractivity contribution in [1.82, 2.24) is 9.78 Å². The van der Waals surface area contributed by atoms with Gasteiger partial charge >= 0.3 is 12.3 Å². The van der Waals surface area contributed by atoms with Crippen molar-refractivity contribution >= 4 is 27.6 Å². The Morgan fingerprint density at radius 3 is 2.37 bits per heavy atom. The van der Waals surface area contributed by atoms with Crippen molar-refractivity contribution in [1.29, 1.82) is 0 Å². The number of benzene rings is 2. The van der Waals surface area contributed by atoms with Crippen molar-refractivity contribution < 1.29 is 35.9 Å². The smallest absolute Gasteiger partial charge is 0.461 e. The molecule has 0 bridgehead atoms. The molecule has 1 aromatic heterocycles. The van der Waals surface area contributed by atoms with Crippen LogP contribution in [-0.4, -0.2) is 37.1 Å². The molecule has 3 aromatic rings. The number of carbonyl (C=O) groups excluding carboxylic acids is 1. The second-order valence-corrected chi connectivity index (χ2v) is 6.78. The minimum absolute atomic E-state index is 0.0363. The van der Waals surface area contributed by atoms with Crippen molar-refractivity contribution in [3.8, 4) is 11.4 Å². The van der Waals surface area contributed by atoms with Gasteiger partial charge in [-0.25, -0.2) is 17.9 Å². The van der Waals surface area contributed by atoms with E-state index in [-0.39, 0.29) is 28.1 Å². The fourth-order valence-electron chi connectivity index (χ4n) is 2.73. The number of ether oxygens (including phenoxy) is 2. The summed E-state index contributed by atoms with van der Waals surface area (Å²) in [6.07, 6.45) is -4.88. The van der Waals surface area contributed by atoms with Gasteiger partial charge in [0.1, 0.15) is 5.75 Å². The first-order valence-corrected chi connectivity index (χ1v) is 9.54. The van der Waals surface area contributed by atoms with Crippen LogP contribution in [0.15, 0.2) is 52.2 Å². The summed E-state index contributed by atoms with van der Waals surface area (Å²) in [5, 5.41) is 3.67. The van der Waals surface area contributed by atoms with Crippen LogP contribution in [0.5, 0.6) is 5.75 Å². The van der Waals surface area contributed by atoms with Crippen LogP contribution in [0.3, 0.4) is 0 Å². The molecule has 0 radical (unpaired) electrons. The van der Waals surface area contributed by atoms with Crippen LogP contribution in [0.1, 0.15) is 17.4 Å². The van der Waals surface area contributed by atoms with Gasteiger partial charge in [0.2, 0.25) is 11.1 Å². The van der Waals surface area contributed by atoms with E-state index in [4.69, 9.17) is 4.74 Å². The van der Waals surface area contributed by atoms with Crippen LogP contribution in [-0.2, 0) is 15.4 Å². The van der Waals surface area contributed by atoms with E-state index in [1.54, 1.807) is 0 Å². The summed E-state index contributed by atoms with van der Waals surface area (Å²) in [5.74, 6) is -1.56. The standard InChI is InChI=1S/C18H13F3N2O6S/c1-2-28-17(25)15-16(24)14-12(4-3-5-13(14)30(26)27)23(22-15)10-6-8-11(9-7-10)29-18(19,20)21/h3-9,30H,2H2,1H3. The second-order valence-electron chi connectivity index (χ2n) is 5.78. The molecule has 0 atom stereocenters. The van der Waals surface area contributed by atoms with Gasteiger partial charge in [0, 0.05) is 0 Å². The molecule has 3 rings (SSSR count). The number of carbonyl (C=O) groups is 1. The molecular formula is C18H13F3N2O6S. The molecule has 0 amide bonds. The lowest BCUT2D eigenvalue weighted by Crippen LogP contribution is -2.24. The second kappa shape index (κ2) is 8.14. The Morgan fingerprint density at radius 2 is 1.80 bits per heavy atom. The van der Waals surface area contributed by atoms with E-state index in [9.17, 15) is 31.2 Å². The van der Waals surface area contributed by atoms with Gasteiger partial charge < -0.3 is 9.47 Å². The zero-order chi connectivity index (χ0) is 22.1. The first-order valence-electron chi connectivity index (χ1n) is 8.36. The van der Waals surface area contributed by atoms with Crippen molar-refractivity contribution in [3.63, 3.8) is 0 Å². The number of fused-ring (bicyclic) bond motifs is 1. The highest BCUT2D eigenvalue weighted by Crippen LogP contribution is 2.25. The van der Waals surface area contributed by atoms with E-state index in [1.807, 2.05) is 0 Å². The lowest BCUT2D eigenvalue weighted by Gasteiger charge is -2.14. The zero-order valence-corrected chi connectivity index (χ0v) is 16.1. The van der Waals surface area contributed by atoms with Crippen molar-refractivity contribution in [2.75, 3.05) is 6.61 Å². The lowest BCUT2D eigenvalue weighted by molar-refractivity contribution is -0.274. The van der Waals surface area contributed by atoms with E-state index in [2.05, 4.69) is 9.84 Å². The molecule has 0 aliphatic carbocycles. The largest absolute Gasteiger partial charge is 0.573 e. The maximum Gasteiger partial charge on any atom is 0.573 e. The normalized spacial score (nSPS) is 11.6. The molecule has 0 saturated carbocycles. The number of aromatic nitrogens is 2. The number of hydrogen-bond acceptors (Lipinski definition) is 7. The third-order valence-corrected chi connectivity index (χ3v) is 4.64. The zero-order valence-electron chi connectivity index (χ0n) is 15.2. The number of thiol groups is 1. The highest BCUT2D eigenvalue weighted by Gasteiger charge is 2.31. The summed E-state index contributed by atoms with van der Waals surface area (Å²) >= 11 is 0. The SMILES string of the molecule is CCOC(=O)c1nn(-c2ccc(OC(F)(F)F)cc2)c2cccc([SH](=O)=O)c2c1=O. The van der Waals surface area contributed by atoms with E-state index in [0.29, 0.717) is 0 Å². The number of hydrogen-bond donors (Lipinski definition) is 1. The third kappa shape index (κ3) is 4.27. The predicted octanol–water partition coefficient (Wildman–Crippen LogP) is 2.43. The van der Waals surface area contributed by atoms with Gasteiger partial charge in [-0.2, -0.15) is 5.10 Å². The molecule has 0 fully saturated rings. The highest BCUT2D eigenvalue weighted by atomic mass is 32.2. The topological polar surface area (TPSA) is 105 Å². The molecular weight excluding hydrogens is 429 g/mol. The summed E-state index contributed by atoms with van der Waals surface area (Å²) in [6, 6.07) is 8.38. The molecule has 0 spiro atoms. The minimum Gasteiger partial charge on any atom is -0.461 e. The quantitative estimate of drug-likeness (QED) is 0.478. The maximum absolute atomic E-state index is 12.8. The van der Waals surface area contributed by atoms with Crippen molar-refractivity contribution in [2.45, 2.75) is 18.2 Å². The molecule has 0 aliphatic rings. The van der Waals surface area contributed by atoms with Crippen LogP contribution in [0.2, 0.25) is 0 Å². The predicted molar refractivity (Wildman–Crippen MR) is 98.6 cm³/mol. The van der Waals surface area contributed by atoms with E-state index in [1.165, 1.54) is 37.3 Å². The average Bonchev–Trinajstić information content (AvgIpc) is 2.67. The Hall–Kier alpha value is -3.41. The Balaban J connectivity index is 2.28. The maximum atomic E-state index is 12.8. The molecule has 0 saturated heterocycles. The number of halogens is 3. The first kappa shape index (κ1) is 21.3. The Labute approximate surface area is 168 Å². The third-order valence-electron chi connectivity index (χ3n) is 3.87. The van der Waals surface area contributed by atoms with Crippen molar-refractivity contribution in [2.24, 2.45) is 0 Å². The fourth-order valence-corrected chi connectivity index (χ4v) is 3.33. The molecule has 0 N–H and O–H groups in total. The van der Waals surface area contributed by atoms with Gasteiger partial charge in [-0.05, 0) is 43.3 Å². The highest BCUT2D eigenvalue weighted by molar-refractivity contribution is 7.72. The van der Waals surface area contributed by atoms with Gasteiger partial charge in [0.25, 0.3) is 0 Å².